The zero-order valence-corrected chi connectivity index (χ0v) is 12.4. The predicted molar refractivity (Wildman–Crippen MR) is 76.5 cm³/mol. The molecule has 1 aliphatic rings. The van der Waals surface area contributed by atoms with E-state index >= 15 is 0 Å². The SMILES string of the molecule is Cc1oc(C)c(CNCCCN2CCOCC2)c1C. The molecule has 4 nitrogen and oxygen atoms in total. The monoisotopic (exact) mass is 266 g/mol. The summed E-state index contributed by atoms with van der Waals surface area (Å²) in [5.74, 6) is 2.10. The first-order valence-electron chi connectivity index (χ1n) is 7.24. The highest BCUT2D eigenvalue weighted by Gasteiger charge is 2.11. The van der Waals surface area contributed by atoms with Crippen molar-refractivity contribution < 1.29 is 9.15 Å². The molecule has 0 aromatic carbocycles. The van der Waals surface area contributed by atoms with Crippen LogP contribution in [0, 0.1) is 20.8 Å². The number of ether oxygens (including phenoxy) is 1. The zero-order valence-electron chi connectivity index (χ0n) is 12.4. The number of hydrogen-bond acceptors (Lipinski definition) is 4. The van der Waals surface area contributed by atoms with Gasteiger partial charge >= 0.3 is 0 Å². The van der Waals surface area contributed by atoms with Gasteiger partial charge in [0.2, 0.25) is 0 Å². The van der Waals surface area contributed by atoms with Gasteiger partial charge in [-0.3, -0.25) is 4.90 Å². The molecule has 0 bridgehead atoms. The Morgan fingerprint density at radius 3 is 2.47 bits per heavy atom. The molecule has 108 valence electrons. The fourth-order valence-electron chi connectivity index (χ4n) is 2.57. The largest absolute Gasteiger partial charge is 0.466 e. The van der Waals surface area contributed by atoms with Gasteiger partial charge in [-0.25, -0.2) is 0 Å². The number of hydrogen-bond donors (Lipinski definition) is 1. The van der Waals surface area contributed by atoms with Crippen molar-refractivity contribution in [3.63, 3.8) is 0 Å². The Morgan fingerprint density at radius 2 is 1.84 bits per heavy atom. The Kier molecular flexibility index (Phi) is 5.43. The molecule has 0 atom stereocenters. The van der Waals surface area contributed by atoms with Gasteiger partial charge in [-0.05, 0) is 45.8 Å². The van der Waals surface area contributed by atoms with Crippen LogP contribution in [-0.4, -0.2) is 44.3 Å². The minimum atomic E-state index is 0.889. The molecule has 1 saturated heterocycles. The second-order valence-electron chi connectivity index (χ2n) is 5.30. The summed E-state index contributed by atoms with van der Waals surface area (Å²) >= 11 is 0. The van der Waals surface area contributed by atoms with Crippen LogP contribution >= 0.6 is 0 Å². The fraction of sp³-hybridized carbons (Fsp3) is 0.733. The van der Waals surface area contributed by atoms with Crippen molar-refractivity contribution in [1.82, 2.24) is 10.2 Å². The standard InChI is InChI=1S/C15H26N2O2/c1-12-13(2)19-14(3)15(12)11-16-5-4-6-17-7-9-18-10-8-17/h16H,4-11H2,1-3H3. The summed E-state index contributed by atoms with van der Waals surface area (Å²) < 4.78 is 11.0. The van der Waals surface area contributed by atoms with Gasteiger partial charge in [-0.1, -0.05) is 0 Å². The van der Waals surface area contributed by atoms with E-state index < -0.39 is 0 Å². The summed E-state index contributed by atoms with van der Waals surface area (Å²) in [7, 11) is 0. The molecule has 0 aliphatic carbocycles. The van der Waals surface area contributed by atoms with E-state index in [0.29, 0.717) is 0 Å². The van der Waals surface area contributed by atoms with Gasteiger partial charge in [0.25, 0.3) is 0 Å². The van der Waals surface area contributed by atoms with E-state index in [0.717, 1.165) is 50.9 Å². The molecule has 4 heteroatoms. The normalized spacial score (nSPS) is 17.0. The first-order chi connectivity index (χ1) is 9.18. The van der Waals surface area contributed by atoms with Crippen molar-refractivity contribution in [2.24, 2.45) is 0 Å². The van der Waals surface area contributed by atoms with E-state index in [9.17, 15) is 0 Å². The van der Waals surface area contributed by atoms with Gasteiger partial charge in [-0.15, -0.1) is 0 Å². The van der Waals surface area contributed by atoms with Gasteiger partial charge in [0, 0.05) is 25.2 Å². The first-order valence-corrected chi connectivity index (χ1v) is 7.24. The summed E-state index contributed by atoms with van der Waals surface area (Å²) in [5, 5.41) is 3.52. The van der Waals surface area contributed by atoms with E-state index in [4.69, 9.17) is 9.15 Å². The number of furan rings is 1. The molecular weight excluding hydrogens is 240 g/mol. The molecule has 1 aromatic heterocycles. The predicted octanol–water partition coefficient (Wildman–Crippen LogP) is 2.02. The summed E-state index contributed by atoms with van der Waals surface area (Å²) in [6.45, 7) is 13.3. The Balaban J connectivity index is 1.63. The molecular formula is C15H26N2O2. The molecule has 1 aliphatic heterocycles. The van der Waals surface area contributed by atoms with E-state index in [1.165, 1.54) is 24.1 Å². The second kappa shape index (κ2) is 7.08. The number of nitrogens with zero attached hydrogens (tertiary/aromatic N) is 1. The highest BCUT2D eigenvalue weighted by molar-refractivity contribution is 5.31. The average molecular weight is 266 g/mol. The second-order valence-corrected chi connectivity index (χ2v) is 5.30. The van der Waals surface area contributed by atoms with Crippen LogP contribution in [0.5, 0.6) is 0 Å². The minimum absolute atomic E-state index is 0.889. The first kappa shape index (κ1) is 14.6. The lowest BCUT2D eigenvalue weighted by Gasteiger charge is -2.26. The number of aryl methyl sites for hydroxylation is 2. The zero-order chi connectivity index (χ0) is 13.7. The quantitative estimate of drug-likeness (QED) is 0.799. The van der Waals surface area contributed by atoms with E-state index in [2.05, 4.69) is 17.1 Å². The van der Waals surface area contributed by atoms with Gasteiger partial charge in [0.05, 0.1) is 13.2 Å². The van der Waals surface area contributed by atoms with Gasteiger partial charge in [0.15, 0.2) is 0 Å². The third kappa shape index (κ3) is 4.06. The van der Waals surface area contributed by atoms with Crippen LogP contribution in [0.1, 0.15) is 29.1 Å². The van der Waals surface area contributed by atoms with Crippen molar-refractivity contribution in [2.75, 3.05) is 39.4 Å². The van der Waals surface area contributed by atoms with Gasteiger partial charge < -0.3 is 14.5 Å². The highest BCUT2D eigenvalue weighted by Crippen LogP contribution is 2.20. The average Bonchev–Trinajstić information content (AvgIpc) is 2.65. The Bertz CT molecular complexity index is 395. The maximum absolute atomic E-state index is 5.64. The molecule has 1 aromatic rings. The van der Waals surface area contributed by atoms with Crippen molar-refractivity contribution in [3.8, 4) is 0 Å². The van der Waals surface area contributed by atoms with Gasteiger partial charge in [-0.2, -0.15) is 0 Å². The van der Waals surface area contributed by atoms with Crippen molar-refractivity contribution in [1.29, 1.82) is 0 Å². The van der Waals surface area contributed by atoms with Crippen LogP contribution in [0.15, 0.2) is 4.42 Å². The molecule has 19 heavy (non-hydrogen) atoms. The molecule has 2 rings (SSSR count). The molecule has 0 radical (unpaired) electrons. The van der Waals surface area contributed by atoms with E-state index in [-0.39, 0.29) is 0 Å². The van der Waals surface area contributed by atoms with Crippen LogP contribution in [0.4, 0.5) is 0 Å². The maximum Gasteiger partial charge on any atom is 0.105 e. The minimum Gasteiger partial charge on any atom is -0.466 e. The van der Waals surface area contributed by atoms with Crippen LogP contribution in [0.25, 0.3) is 0 Å². The fourth-order valence-corrected chi connectivity index (χ4v) is 2.57. The topological polar surface area (TPSA) is 37.6 Å². The van der Waals surface area contributed by atoms with E-state index in [1.807, 2.05) is 13.8 Å². The third-order valence-electron chi connectivity index (χ3n) is 3.95. The van der Waals surface area contributed by atoms with Crippen LogP contribution in [0.3, 0.4) is 0 Å². The van der Waals surface area contributed by atoms with E-state index in [1.54, 1.807) is 0 Å². The molecule has 1 fully saturated rings. The molecule has 0 amide bonds. The number of morpholine rings is 1. The molecule has 0 saturated carbocycles. The van der Waals surface area contributed by atoms with Crippen molar-refractivity contribution >= 4 is 0 Å². The van der Waals surface area contributed by atoms with Crippen LogP contribution < -0.4 is 5.32 Å². The van der Waals surface area contributed by atoms with Crippen LogP contribution in [0.2, 0.25) is 0 Å². The third-order valence-corrected chi connectivity index (χ3v) is 3.95. The number of rotatable bonds is 6. The van der Waals surface area contributed by atoms with Gasteiger partial charge in [0.1, 0.15) is 11.5 Å². The summed E-state index contributed by atoms with van der Waals surface area (Å²) in [6, 6.07) is 0. The Hall–Kier alpha value is -0.840. The lowest BCUT2D eigenvalue weighted by Crippen LogP contribution is -2.37. The summed E-state index contributed by atoms with van der Waals surface area (Å²) in [5.41, 5.74) is 2.61. The lowest BCUT2D eigenvalue weighted by molar-refractivity contribution is 0.0374. The molecule has 1 N–H and O–H groups in total. The lowest BCUT2D eigenvalue weighted by atomic mass is 10.1. The summed E-state index contributed by atoms with van der Waals surface area (Å²) in [6.07, 6.45) is 1.19. The summed E-state index contributed by atoms with van der Waals surface area (Å²) in [4.78, 5) is 2.48. The number of nitrogens with one attached hydrogen (secondary N) is 1. The molecule has 0 spiro atoms. The van der Waals surface area contributed by atoms with Crippen LogP contribution in [-0.2, 0) is 11.3 Å². The van der Waals surface area contributed by atoms with Crippen molar-refractivity contribution in [3.05, 3.63) is 22.6 Å². The Labute approximate surface area is 116 Å². The maximum atomic E-state index is 5.64. The Morgan fingerprint density at radius 1 is 1.11 bits per heavy atom. The van der Waals surface area contributed by atoms with Crippen molar-refractivity contribution in [2.45, 2.75) is 33.7 Å². The molecule has 0 unspecified atom stereocenters. The smallest absolute Gasteiger partial charge is 0.105 e. The highest BCUT2D eigenvalue weighted by atomic mass is 16.5. The molecule has 2 heterocycles.